The molecule has 0 spiro atoms. The number of hydrogen-bond donors (Lipinski definition) is 0. The van der Waals surface area contributed by atoms with Gasteiger partial charge in [-0.3, -0.25) is 0 Å². The molecule has 2 atom stereocenters. The summed E-state index contributed by atoms with van der Waals surface area (Å²) in [5.41, 5.74) is 3.10. The Bertz CT molecular complexity index is 396. The molecule has 20 heavy (non-hydrogen) atoms. The first kappa shape index (κ1) is 17.1. The van der Waals surface area contributed by atoms with Crippen molar-refractivity contribution in [1.29, 1.82) is 0 Å². The summed E-state index contributed by atoms with van der Waals surface area (Å²) in [7, 11) is 0.692. The average Bonchev–Trinajstić information content (AvgIpc) is 2.46. The molecule has 0 aromatic heterocycles. The molecule has 2 unspecified atom stereocenters. The molecule has 0 aliphatic rings. The maximum absolute atomic E-state index is 5.91. The van der Waals surface area contributed by atoms with Crippen LogP contribution in [-0.4, -0.2) is 35.4 Å². The Morgan fingerprint density at radius 1 is 0.950 bits per heavy atom. The molecule has 0 fully saturated rings. The summed E-state index contributed by atoms with van der Waals surface area (Å²) in [5, 5.41) is 0. The van der Waals surface area contributed by atoms with Gasteiger partial charge in [-0.15, -0.1) is 0 Å². The first-order chi connectivity index (χ1) is 9.49. The molecule has 0 saturated heterocycles. The fourth-order valence-corrected chi connectivity index (χ4v) is 3.89. The van der Waals surface area contributed by atoms with Crippen molar-refractivity contribution < 1.29 is 18.3 Å². The fourth-order valence-electron chi connectivity index (χ4n) is 1.67. The predicted molar refractivity (Wildman–Crippen MR) is 82.2 cm³/mol. The molecule has 0 saturated carbocycles. The zero-order valence-electron chi connectivity index (χ0n) is 12.8. The van der Waals surface area contributed by atoms with Crippen LogP contribution in [0, 0.1) is 0 Å². The largest absolute Gasteiger partial charge is 0.365 e. The highest BCUT2D eigenvalue weighted by Crippen LogP contribution is 2.17. The second kappa shape index (κ2) is 8.34. The molecule has 0 radical (unpaired) electrons. The van der Waals surface area contributed by atoms with E-state index in [1.165, 1.54) is 0 Å². The molecular weight excluding hydrogens is 272 g/mol. The summed E-state index contributed by atoms with van der Waals surface area (Å²) in [4.78, 5) is 0. The Morgan fingerprint density at radius 3 is 1.90 bits per heavy atom. The van der Waals surface area contributed by atoms with E-state index in [0.717, 1.165) is 5.56 Å². The van der Waals surface area contributed by atoms with Crippen molar-refractivity contribution in [2.45, 2.75) is 33.0 Å². The van der Waals surface area contributed by atoms with Crippen molar-refractivity contribution in [3.63, 3.8) is 0 Å². The van der Waals surface area contributed by atoms with Crippen LogP contribution >= 0.6 is 0 Å². The Hall–Kier alpha value is -0.983. The summed E-state index contributed by atoms with van der Waals surface area (Å²) in [5.74, 6) is 0. The minimum absolute atomic E-state index is 0.323. The van der Waals surface area contributed by atoms with Crippen molar-refractivity contribution in [2.75, 3.05) is 14.2 Å². The van der Waals surface area contributed by atoms with Gasteiger partial charge in [0.15, 0.2) is 0 Å². The summed E-state index contributed by atoms with van der Waals surface area (Å²) in [6, 6.07) is 10.0. The quantitative estimate of drug-likeness (QED) is 0.545. The van der Waals surface area contributed by atoms with E-state index in [1.807, 2.05) is 62.5 Å². The number of rotatable bonds is 8. The lowest BCUT2D eigenvalue weighted by Gasteiger charge is -2.29. The lowest BCUT2D eigenvalue weighted by atomic mass is 10.2. The first-order valence-corrected chi connectivity index (χ1v) is 9.04. The first-order valence-electron chi connectivity index (χ1n) is 6.64. The molecule has 0 heterocycles. The van der Waals surface area contributed by atoms with Crippen LogP contribution in [-0.2, 0) is 18.3 Å². The van der Waals surface area contributed by atoms with Crippen molar-refractivity contribution in [1.82, 2.24) is 0 Å². The van der Waals surface area contributed by atoms with Crippen LogP contribution < -0.4 is 0 Å². The minimum Gasteiger partial charge on any atom is -0.365 e. The molecule has 0 N–H and O–H groups in total. The second-order valence-corrected chi connectivity index (χ2v) is 7.44. The SMILES string of the molecule is COC(C)O[Si](C)(C=Cc1ccccc1)OC(C)OC. The Balaban J connectivity index is 2.83. The molecule has 0 bridgehead atoms. The lowest BCUT2D eigenvalue weighted by molar-refractivity contribution is -0.0984. The van der Waals surface area contributed by atoms with Crippen LogP contribution in [0.15, 0.2) is 36.0 Å². The Labute approximate surface area is 122 Å². The van der Waals surface area contributed by atoms with Gasteiger partial charge in [0.2, 0.25) is 0 Å². The number of benzene rings is 1. The number of ether oxygens (including phenoxy) is 2. The molecule has 1 rings (SSSR count). The van der Waals surface area contributed by atoms with E-state index >= 15 is 0 Å². The Morgan fingerprint density at radius 2 is 1.45 bits per heavy atom. The molecule has 112 valence electrons. The van der Waals surface area contributed by atoms with Crippen molar-refractivity contribution in [3.8, 4) is 0 Å². The van der Waals surface area contributed by atoms with Gasteiger partial charge < -0.3 is 18.3 Å². The smallest absolute Gasteiger partial charge is 0.365 e. The summed E-state index contributed by atoms with van der Waals surface area (Å²) < 4.78 is 22.2. The van der Waals surface area contributed by atoms with E-state index in [9.17, 15) is 0 Å². The van der Waals surface area contributed by atoms with Crippen LogP contribution in [0.4, 0.5) is 0 Å². The van der Waals surface area contributed by atoms with Crippen LogP contribution in [0.1, 0.15) is 19.4 Å². The van der Waals surface area contributed by atoms with Crippen LogP contribution in [0.25, 0.3) is 6.08 Å². The third-order valence-corrected chi connectivity index (χ3v) is 5.21. The van der Waals surface area contributed by atoms with Gasteiger partial charge in [0.25, 0.3) is 0 Å². The van der Waals surface area contributed by atoms with Gasteiger partial charge in [-0.25, -0.2) is 0 Å². The number of methoxy groups -OCH3 is 2. The van der Waals surface area contributed by atoms with Crippen molar-refractivity contribution in [2.24, 2.45) is 0 Å². The van der Waals surface area contributed by atoms with E-state index in [0.29, 0.717) is 0 Å². The average molecular weight is 296 g/mol. The summed E-state index contributed by atoms with van der Waals surface area (Å²) >= 11 is 0. The maximum atomic E-state index is 5.91. The van der Waals surface area contributed by atoms with Gasteiger partial charge in [-0.1, -0.05) is 36.4 Å². The highest BCUT2D eigenvalue weighted by Gasteiger charge is 2.33. The fraction of sp³-hybridized carbons (Fsp3) is 0.467. The third-order valence-electron chi connectivity index (χ3n) is 2.84. The van der Waals surface area contributed by atoms with Gasteiger partial charge in [0.1, 0.15) is 12.6 Å². The van der Waals surface area contributed by atoms with E-state index in [-0.39, 0.29) is 12.6 Å². The standard InChI is InChI=1S/C15H24O4Si/c1-13(16-3)18-20(5,19-14(2)17-4)12-11-15-9-7-6-8-10-15/h6-14H,1-5H3. The van der Waals surface area contributed by atoms with Crippen LogP contribution in [0.5, 0.6) is 0 Å². The zero-order valence-corrected chi connectivity index (χ0v) is 13.8. The normalized spacial score (nSPS) is 17.9. The lowest BCUT2D eigenvalue weighted by Crippen LogP contribution is -2.43. The highest BCUT2D eigenvalue weighted by molar-refractivity contribution is 6.72. The topological polar surface area (TPSA) is 36.9 Å². The molecule has 1 aromatic carbocycles. The van der Waals surface area contributed by atoms with Gasteiger partial charge in [0, 0.05) is 14.2 Å². The van der Waals surface area contributed by atoms with Gasteiger partial charge in [-0.2, -0.15) is 0 Å². The van der Waals surface area contributed by atoms with Gasteiger partial charge >= 0.3 is 8.56 Å². The minimum atomic E-state index is -2.53. The molecule has 0 aliphatic heterocycles. The molecule has 0 aliphatic carbocycles. The molecule has 0 amide bonds. The van der Waals surface area contributed by atoms with Crippen LogP contribution in [0.2, 0.25) is 6.55 Å². The van der Waals surface area contributed by atoms with E-state index in [4.69, 9.17) is 18.3 Å². The van der Waals surface area contributed by atoms with Crippen molar-refractivity contribution >= 4 is 14.6 Å². The van der Waals surface area contributed by atoms with Gasteiger partial charge in [-0.05, 0) is 31.7 Å². The summed E-state index contributed by atoms with van der Waals surface area (Å²) in [6.45, 7) is 5.67. The monoisotopic (exact) mass is 296 g/mol. The second-order valence-electron chi connectivity index (χ2n) is 4.60. The van der Waals surface area contributed by atoms with E-state index in [2.05, 4.69) is 0 Å². The highest BCUT2D eigenvalue weighted by atomic mass is 28.4. The van der Waals surface area contributed by atoms with Crippen molar-refractivity contribution in [3.05, 3.63) is 41.6 Å². The molecular formula is C15H24O4Si. The predicted octanol–water partition coefficient (Wildman–Crippen LogP) is 3.33. The third kappa shape index (κ3) is 5.98. The van der Waals surface area contributed by atoms with Crippen LogP contribution in [0.3, 0.4) is 0 Å². The van der Waals surface area contributed by atoms with E-state index < -0.39 is 8.56 Å². The van der Waals surface area contributed by atoms with E-state index in [1.54, 1.807) is 14.2 Å². The molecule has 5 heteroatoms. The van der Waals surface area contributed by atoms with Gasteiger partial charge in [0.05, 0.1) is 0 Å². The maximum Gasteiger partial charge on any atom is 0.365 e. The number of hydrogen-bond acceptors (Lipinski definition) is 4. The summed E-state index contributed by atoms with van der Waals surface area (Å²) in [6.07, 6.45) is 1.36. The Kier molecular flexibility index (Phi) is 7.11. The zero-order chi connectivity index (χ0) is 15.0. The molecule has 1 aromatic rings. The molecule has 4 nitrogen and oxygen atoms in total.